The number of benzene rings is 2. The molecule has 2 heterocycles. The van der Waals surface area contributed by atoms with Crippen LogP contribution in [0.3, 0.4) is 0 Å². The Labute approximate surface area is 184 Å². The summed E-state index contributed by atoms with van der Waals surface area (Å²) in [6.07, 6.45) is 0.156. The summed E-state index contributed by atoms with van der Waals surface area (Å²) in [4.78, 5) is 32.8. The zero-order valence-corrected chi connectivity index (χ0v) is 18.3. The van der Waals surface area contributed by atoms with E-state index in [1.54, 1.807) is 26.4 Å². The van der Waals surface area contributed by atoms with Crippen molar-refractivity contribution in [3.8, 4) is 11.5 Å². The van der Waals surface area contributed by atoms with Gasteiger partial charge in [-0.2, -0.15) is 0 Å². The fourth-order valence-electron chi connectivity index (χ4n) is 3.69. The predicted molar refractivity (Wildman–Crippen MR) is 120 cm³/mol. The molecule has 0 unspecified atom stereocenters. The monoisotopic (exact) mass is 437 g/mol. The number of nitrogens with zero attached hydrogens (tertiary/aromatic N) is 1. The number of carbonyl (C=O) groups excluding carboxylic acids is 1. The number of methoxy groups -OCH3 is 2. The molecule has 7 nitrogen and oxygen atoms in total. The molecule has 1 aliphatic rings. The highest BCUT2D eigenvalue weighted by Gasteiger charge is 2.31. The number of anilines is 1. The number of aromatic amines is 1. The number of fused-ring (bicyclic) bond motifs is 1. The summed E-state index contributed by atoms with van der Waals surface area (Å²) < 4.78 is 10.7. The van der Waals surface area contributed by atoms with Gasteiger partial charge < -0.3 is 19.8 Å². The molecule has 160 valence electrons. The number of ether oxygens (including phenoxy) is 2. The van der Waals surface area contributed by atoms with Crippen molar-refractivity contribution in [1.29, 1.82) is 0 Å². The Hall–Kier alpha value is -3.26. The van der Waals surface area contributed by atoms with Crippen molar-refractivity contribution >= 4 is 23.5 Å². The number of hydrogen-bond donors (Lipinski definition) is 2. The van der Waals surface area contributed by atoms with Crippen LogP contribution < -0.4 is 20.3 Å². The molecule has 0 aliphatic carbocycles. The maximum absolute atomic E-state index is 13.0. The van der Waals surface area contributed by atoms with Crippen LogP contribution in [0, 0.1) is 6.92 Å². The molecule has 2 N–H and O–H groups in total. The Morgan fingerprint density at radius 1 is 1.10 bits per heavy atom. The first kappa shape index (κ1) is 21.0. The van der Waals surface area contributed by atoms with Crippen LogP contribution in [-0.4, -0.2) is 30.1 Å². The first-order valence-electron chi connectivity index (χ1n) is 9.83. The molecule has 0 saturated carbocycles. The summed E-state index contributed by atoms with van der Waals surface area (Å²) in [5, 5.41) is 3.23. The third-order valence-electron chi connectivity index (χ3n) is 5.36. The largest absolute Gasteiger partial charge is 0.493 e. The number of aryl methyl sites for hydroxylation is 1. The molecular formula is C23H23N3O4S. The number of H-pyrrole nitrogens is 1. The zero-order chi connectivity index (χ0) is 22.0. The minimum absolute atomic E-state index is 0.156. The van der Waals surface area contributed by atoms with Gasteiger partial charge in [-0.05, 0) is 35.7 Å². The maximum Gasteiger partial charge on any atom is 0.257 e. The highest BCUT2D eigenvalue weighted by Crippen LogP contribution is 2.38. The van der Waals surface area contributed by atoms with E-state index in [4.69, 9.17) is 9.47 Å². The molecule has 0 fully saturated rings. The molecule has 1 amide bonds. The van der Waals surface area contributed by atoms with Gasteiger partial charge >= 0.3 is 0 Å². The van der Waals surface area contributed by atoms with Gasteiger partial charge in [0.05, 0.1) is 19.8 Å². The van der Waals surface area contributed by atoms with Gasteiger partial charge in [-0.25, -0.2) is 4.98 Å². The third kappa shape index (κ3) is 4.29. The van der Waals surface area contributed by atoms with Gasteiger partial charge in [-0.1, -0.05) is 42.1 Å². The first-order valence-corrected chi connectivity index (χ1v) is 10.8. The molecule has 1 atom stereocenters. The fraction of sp³-hybridized carbons (Fsp3) is 0.261. The van der Waals surface area contributed by atoms with Crippen molar-refractivity contribution in [3.63, 3.8) is 0 Å². The van der Waals surface area contributed by atoms with Crippen molar-refractivity contribution in [1.82, 2.24) is 9.97 Å². The molecule has 0 spiro atoms. The Kier molecular flexibility index (Phi) is 5.99. The number of hydrogen-bond acceptors (Lipinski definition) is 6. The summed E-state index contributed by atoms with van der Waals surface area (Å²) in [6.45, 7) is 2.05. The van der Waals surface area contributed by atoms with Crippen LogP contribution in [-0.2, 0) is 10.5 Å². The topological polar surface area (TPSA) is 93.3 Å². The van der Waals surface area contributed by atoms with Crippen molar-refractivity contribution in [3.05, 3.63) is 75.1 Å². The second-order valence-electron chi connectivity index (χ2n) is 7.27. The van der Waals surface area contributed by atoms with Crippen LogP contribution in [0.4, 0.5) is 5.82 Å². The second kappa shape index (κ2) is 8.85. The van der Waals surface area contributed by atoms with Crippen LogP contribution in [0.5, 0.6) is 11.5 Å². The summed E-state index contributed by atoms with van der Waals surface area (Å²) in [5.41, 5.74) is 3.34. The molecule has 31 heavy (non-hydrogen) atoms. The lowest BCUT2D eigenvalue weighted by Crippen LogP contribution is -2.31. The lowest BCUT2D eigenvalue weighted by molar-refractivity contribution is -0.116. The van der Waals surface area contributed by atoms with Crippen molar-refractivity contribution < 1.29 is 14.3 Å². The Bertz CT molecular complexity index is 1190. The predicted octanol–water partition coefficient (Wildman–Crippen LogP) is 3.86. The Balaban J connectivity index is 1.67. The highest BCUT2D eigenvalue weighted by atomic mass is 32.2. The SMILES string of the molecule is COc1ccc([C@@H]2CC(=O)Nc3nc(SCc4ccccc4C)[nH]c(=O)c32)cc1OC. The van der Waals surface area contributed by atoms with Gasteiger partial charge in [0.1, 0.15) is 5.82 Å². The standard InChI is InChI=1S/C23H23N3O4S/c1-13-6-4-5-7-15(13)12-31-23-25-21-20(22(28)26-23)16(11-19(27)24-21)14-8-9-17(29-2)18(10-14)30-3/h4-10,16H,11-12H2,1-3H3,(H2,24,25,26,27,28)/t16-/m0/s1. The van der Waals surface area contributed by atoms with Gasteiger partial charge in [0.15, 0.2) is 16.7 Å². The molecular weight excluding hydrogens is 414 g/mol. The van der Waals surface area contributed by atoms with E-state index in [1.165, 1.54) is 22.9 Å². The van der Waals surface area contributed by atoms with Crippen LogP contribution in [0.2, 0.25) is 0 Å². The number of amides is 1. The van der Waals surface area contributed by atoms with Gasteiger partial charge in [0, 0.05) is 18.1 Å². The van der Waals surface area contributed by atoms with E-state index >= 15 is 0 Å². The lowest BCUT2D eigenvalue weighted by atomic mass is 9.86. The van der Waals surface area contributed by atoms with Gasteiger partial charge in [0.2, 0.25) is 5.91 Å². The molecule has 0 bridgehead atoms. The van der Waals surface area contributed by atoms with E-state index < -0.39 is 5.92 Å². The number of nitrogens with one attached hydrogen (secondary N) is 2. The van der Waals surface area contributed by atoms with Crippen LogP contribution in [0.1, 0.15) is 34.6 Å². The van der Waals surface area contributed by atoms with Crippen molar-refractivity contribution in [2.75, 3.05) is 19.5 Å². The van der Waals surface area contributed by atoms with Crippen LogP contribution >= 0.6 is 11.8 Å². The molecule has 3 aromatic rings. The van der Waals surface area contributed by atoms with Crippen molar-refractivity contribution in [2.24, 2.45) is 0 Å². The normalized spacial score (nSPS) is 15.2. The Morgan fingerprint density at radius 3 is 2.61 bits per heavy atom. The molecule has 2 aromatic carbocycles. The molecule has 1 aliphatic heterocycles. The summed E-state index contributed by atoms with van der Waals surface area (Å²) >= 11 is 1.43. The number of carbonyl (C=O) groups is 1. The number of rotatable bonds is 6. The minimum Gasteiger partial charge on any atom is -0.493 e. The molecule has 0 saturated heterocycles. The maximum atomic E-state index is 13.0. The molecule has 1 aromatic heterocycles. The van der Waals surface area contributed by atoms with Gasteiger partial charge in [-0.3, -0.25) is 9.59 Å². The highest BCUT2D eigenvalue weighted by molar-refractivity contribution is 7.98. The van der Waals surface area contributed by atoms with E-state index in [9.17, 15) is 9.59 Å². The molecule has 0 radical (unpaired) electrons. The summed E-state index contributed by atoms with van der Waals surface area (Å²) in [7, 11) is 3.11. The minimum atomic E-state index is -0.421. The number of aromatic nitrogens is 2. The van der Waals surface area contributed by atoms with Gasteiger partial charge in [-0.15, -0.1) is 0 Å². The summed E-state index contributed by atoms with van der Waals surface area (Å²) in [6, 6.07) is 13.5. The third-order valence-corrected chi connectivity index (χ3v) is 6.29. The van der Waals surface area contributed by atoms with E-state index in [2.05, 4.69) is 15.3 Å². The van der Waals surface area contributed by atoms with E-state index in [0.717, 1.165) is 5.56 Å². The van der Waals surface area contributed by atoms with Gasteiger partial charge in [0.25, 0.3) is 5.56 Å². The molecule has 8 heteroatoms. The first-order chi connectivity index (χ1) is 15.0. The molecule has 4 rings (SSSR count). The Morgan fingerprint density at radius 2 is 1.87 bits per heavy atom. The smallest absolute Gasteiger partial charge is 0.257 e. The van der Waals surface area contributed by atoms with E-state index in [1.807, 2.05) is 37.3 Å². The van der Waals surface area contributed by atoms with Crippen molar-refractivity contribution in [2.45, 2.75) is 30.2 Å². The fourth-order valence-corrected chi connectivity index (χ4v) is 4.63. The zero-order valence-electron chi connectivity index (χ0n) is 17.5. The second-order valence-corrected chi connectivity index (χ2v) is 8.23. The van der Waals surface area contributed by atoms with Crippen LogP contribution in [0.15, 0.2) is 52.4 Å². The number of thioether (sulfide) groups is 1. The average molecular weight is 438 g/mol. The van der Waals surface area contributed by atoms with E-state index in [0.29, 0.717) is 33.8 Å². The summed E-state index contributed by atoms with van der Waals surface area (Å²) in [5.74, 6) is 1.51. The quantitative estimate of drug-likeness (QED) is 0.449. The van der Waals surface area contributed by atoms with Crippen LogP contribution in [0.25, 0.3) is 0 Å². The van der Waals surface area contributed by atoms with E-state index in [-0.39, 0.29) is 17.9 Å². The average Bonchev–Trinajstić information content (AvgIpc) is 2.77. The lowest BCUT2D eigenvalue weighted by Gasteiger charge is -2.25.